The summed E-state index contributed by atoms with van der Waals surface area (Å²) in [5, 5.41) is 19.1. The predicted octanol–water partition coefficient (Wildman–Crippen LogP) is 1.81. The number of benzene rings is 2. The number of fused-ring (bicyclic) bond motifs is 1. The van der Waals surface area contributed by atoms with E-state index < -0.39 is 0 Å². The summed E-state index contributed by atoms with van der Waals surface area (Å²) in [5.74, 6) is 0.442. The Bertz CT molecular complexity index is 1070. The highest BCUT2D eigenvalue weighted by molar-refractivity contribution is 6.06. The maximum atomic E-state index is 12.5. The number of aromatic nitrogens is 6. The Hall–Kier alpha value is -3.75. The van der Waals surface area contributed by atoms with Crippen LogP contribution in [0.5, 0.6) is 5.88 Å². The van der Waals surface area contributed by atoms with Gasteiger partial charge in [-0.05, 0) is 52.9 Å². The zero-order valence-corrected chi connectivity index (χ0v) is 14.1. The van der Waals surface area contributed by atoms with Gasteiger partial charge in [0, 0.05) is 18.3 Å². The average molecular weight is 349 g/mol. The summed E-state index contributed by atoms with van der Waals surface area (Å²) < 4.78 is 8.50. The molecule has 130 valence electrons. The van der Waals surface area contributed by atoms with Crippen molar-refractivity contribution in [2.24, 2.45) is 7.05 Å². The minimum absolute atomic E-state index is 0.216. The molecule has 4 aromatic rings. The summed E-state index contributed by atoms with van der Waals surface area (Å²) in [6.45, 7) is 0. The van der Waals surface area contributed by atoms with Gasteiger partial charge in [-0.3, -0.25) is 4.79 Å². The van der Waals surface area contributed by atoms with E-state index in [1.54, 1.807) is 43.1 Å². The highest BCUT2D eigenvalue weighted by atomic mass is 16.5. The quantitative estimate of drug-likeness (QED) is 0.603. The molecule has 0 saturated carbocycles. The maximum Gasteiger partial charge on any atom is 0.255 e. The first-order valence-electron chi connectivity index (χ1n) is 7.81. The van der Waals surface area contributed by atoms with Crippen molar-refractivity contribution >= 4 is 22.5 Å². The molecule has 0 spiro atoms. The largest absolute Gasteiger partial charge is 0.481 e. The van der Waals surface area contributed by atoms with Gasteiger partial charge in [-0.25, -0.2) is 9.36 Å². The first kappa shape index (κ1) is 15.8. The van der Waals surface area contributed by atoms with E-state index in [0.29, 0.717) is 22.6 Å². The zero-order valence-electron chi connectivity index (χ0n) is 14.1. The number of hydrogen-bond acceptors (Lipinski definition) is 6. The van der Waals surface area contributed by atoms with Crippen LogP contribution in [0.4, 0.5) is 5.69 Å². The molecule has 1 N–H and O–H groups in total. The fraction of sp³-hybridized carbons (Fsp3) is 0.118. The molecule has 0 unspecified atom stereocenters. The Morgan fingerprint density at radius 2 is 1.96 bits per heavy atom. The lowest BCUT2D eigenvalue weighted by molar-refractivity contribution is 0.102. The predicted molar refractivity (Wildman–Crippen MR) is 94.4 cm³/mol. The molecule has 1 amide bonds. The van der Waals surface area contributed by atoms with E-state index in [1.165, 1.54) is 11.0 Å². The minimum atomic E-state index is -0.216. The first-order valence-corrected chi connectivity index (χ1v) is 7.81. The molecule has 0 fully saturated rings. The number of hydrogen-bond donors (Lipinski definition) is 1. The lowest BCUT2D eigenvalue weighted by Gasteiger charge is -2.06. The van der Waals surface area contributed by atoms with Crippen molar-refractivity contribution in [3.05, 3.63) is 54.4 Å². The van der Waals surface area contributed by atoms with Crippen molar-refractivity contribution in [3.63, 3.8) is 0 Å². The monoisotopic (exact) mass is 349 g/mol. The van der Waals surface area contributed by atoms with Gasteiger partial charge in [0.2, 0.25) is 5.88 Å². The van der Waals surface area contributed by atoms with Crippen molar-refractivity contribution in [2.45, 2.75) is 0 Å². The van der Waals surface area contributed by atoms with Gasteiger partial charge in [0.1, 0.15) is 6.33 Å². The molecule has 2 heterocycles. The number of rotatable bonds is 4. The third-order valence-electron chi connectivity index (χ3n) is 3.97. The molecule has 2 aromatic heterocycles. The molecule has 0 aliphatic carbocycles. The van der Waals surface area contributed by atoms with Crippen LogP contribution < -0.4 is 10.1 Å². The molecule has 2 aromatic carbocycles. The van der Waals surface area contributed by atoms with Crippen molar-refractivity contribution < 1.29 is 9.53 Å². The standard InChI is InChI=1S/C17H15N7O2/c1-23-17(26-2)14-8-3-11(9-15(14)20-23)16(25)19-12-4-6-13(7-5-12)24-10-18-21-22-24/h3-10H,1-2H3,(H,19,25). The summed E-state index contributed by atoms with van der Waals surface area (Å²) in [5.41, 5.74) is 2.69. The van der Waals surface area contributed by atoms with Crippen molar-refractivity contribution in [3.8, 4) is 11.6 Å². The van der Waals surface area contributed by atoms with Crippen LogP contribution in [0, 0.1) is 0 Å². The normalized spacial score (nSPS) is 10.8. The van der Waals surface area contributed by atoms with E-state index >= 15 is 0 Å². The SMILES string of the molecule is COc1c2ccc(C(=O)Nc3ccc(-n4cnnn4)cc3)cc2nn1C. The fourth-order valence-corrected chi connectivity index (χ4v) is 2.74. The van der Waals surface area contributed by atoms with Gasteiger partial charge in [0.25, 0.3) is 5.91 Å². The molecule has 0 saturated heterocycles. The van der Waals surface area contributed by atoms with E-state index in [1.807, 2.05) is 18.2 Å². The van der Waals surface area contributed by atoms with Gasteiger partial charge < -0.3 is 10.1 Å². The molecule has 0 radical (unpaired) electrons. The summed E-state index contributed by atoms with van der Waals surface area (Å²) >= 11 is 0. The van der Waals surface area contributed by atoms with Gasteiger partial charge >= 0.3 is 0 Å². The minimum Gasteiger partial charge on any atom is -0.481 e. The van der Waals surface area contributed by atoms with E-state index in [4.69, 9.17) is 4.74 Å². The summed E-state index contributed by atoms with van der Waals surface area (Å²) in [6, 6.07) is 12.5. The molecule has 9 nitrogen and oxygen atoms in total. The number of carbonyl (C=O) groups excluding carboxylic acids is 1. The number of ether oxygens (including phenoxy) is 1. The number of tetrazole rings is 1. The summed E-state index contributed by atoms with van der Waals surface area (Å²) in [6.07, 6.45) is 1.50. The van der Waals surface area contributed by atoms with E-state index in [0.717, 1.165) is 11.1 Å². The van der Waals surface area contributed by atoms with Gasteiger partial charge in [-0.1, -0.05) is 0 Å². The number of nitrogens with one attached hydrogen (secondary N) is 1. The Morgan fingerprint density at radius 1 is 1.15 bits per heavy atom. The van der Waals surface area contributed by atoms with Gasteiger partial charge in [0.05, 0.1) is 23.7 Å². The smallest absolute Gasteiger partial charge is 0.255 e. The van der Waals surface area contributed by atoms with Crippen LogP contribution in [0.25, 0.3) is 16.6 Å². The van der Waals surface area contributed by atoms with Gasteiger partial charge in [-0.15, -0.1) is 5.10 Å². The Kier molecular flexibility index (Phi) is 3.81. The lowest BCUT2D eigenvalue weighted by atomic mass is 10.1. The second kappa shape index (κ2) is 6.28. The molecule has 0 aliphatic heterocycles. The highest BCUT2D eigenvalue weighted by Gasteiger charge is 2.13. The second-order valence-corrected chi connectivity index (χ2v) is 5.62. The average Bonchev–Trinajstić information content (AvgIpc) is 3.28. The Labute approximate surface area is 148 Å². The second-order valence-electron chi connectivity index (χ2n) is 5.62. The Balaban J connectivity index is 1.55. The molecular formula is C17H15N7O2. The third kappa shape index (κ3) is 2.75. The van der Waals surface area contributed by atoms with Gasteiger partial charge in [0.15, 0.2) is 0 Å². The topological polar surface area (TPSA) is 99.8 Å². The molecule has 0 bridgehead atoms. The molecular weight excluding hydrogens is 334 g/mol. The molecule has 26 heavy (non-hydrogen) atoms. The molecule has 0 atom stereocenters. The van der Waals surface area contributed by atoms with Crippen LogP contribution >= 0.6 is 0 Å². The zero-order chi connectivity index (χ0) is 18.1. The van der Waals surface area contributed by atoms with Crippen LogP contribution in [0.3, 0.4) is 0 Å². The third-order valence-corrected chi connectivity index (χ3v) is 3.97. The van der Waals surface area contributed by atoms with Crippen LogP contribution in [0.15, 0.2) is 48.8 Å². The summed E-state index contributed by atoms with van der Waals surface area (Å²) in [4.78, 5) is 12.5. The van der Waals surface area contributed by atoms with Gasteiger partial charge in [-0.2, -0.15) is 5.10 Å². The first-order chi connectivity index (χ1) is 12.7. The van der Waals surface area contributed by atoms with Crippen LogP contribution in [-0.2, 0) is 7.05 Å². The van der Waals surface area contributed by atoms with Crippen LogP contribution in [-0.4, -0.2) is 43.0 Å². The van der Waals surface area contributed by atoms with Crippen LogP contribution in [0.2, 0.25) is 0 Å². The van der Waals surface area contributed by atoms with E-state index in [9.17, 15) is 4.79 Å². The van der Waals surface area contributed by atoms with Crippen molar-refractivity contribution in [1.29, 1.82) is 0 Å². The molecule has 0 aliphatic rings. The van der Waals surface area contributed by atoms with Crippen LogP contribution in [0.1, 0.15) is 10.4 Å². The van der Waals surface area contributed by atoms with E-state index in [2.05, 4.69) is 25.9 Å². The van der Waals surface area contributed by atoms with Crippen molar-refractivity contribution in [1.82, 2.24) is 30.0 Å². The Morgan fingerprint density at radius 3 is 2.65 bits per heavy atom. The number of anilines is 1. The highest BCUT2D eigenvalue weighted by Crippen LogP contribution is 2.25. The van der Waals surface area contributed by atoms with E-state index in [-0.39, 0.29) is 5.91 Å². The number of carbonyl (C=O) groups is 1. The fourth-order valence-electron chi connectivity index (χ4n) is 2.74. The number of methoxy groups -OCH3 is 1. The molecule has 4 rings (SSSR count). The number of amides is 1. The maximum absolute atomic E-state index is 12.5. The molecule has 9 heteroatoms. The summed E-state index contributed by atoms with van der Waals surface area (Å²) in [7, 11) is 3.39. The lowest BCUT2D eigenvalue weighted by Crippen LogP contribution is -2.11. The number of aryl methyl sites for hydroxylation is 1. The number of nitrogens with zero attached hydrogens (tertiary/aromatic N) is 6. The van der Waals surface area contributed by atoms with Crippen molar-refractivity contribution in [2.75, 3.05) is 12.4 Å².